The third-order valence-corrected chi connectivity index (χ3v) is 7.62. The highest BCUT2D eigenvalue weighted by molar-refractivity contribution is 7.99. The van der Waals surface area contributed by atoms with Gasteiger partial charge in [-0.25, -0.2) is 9.78 Å². The van der Waals surface area contributed by atoms with Crippen LogP contribution in [0.15, 0.2) is 46.9 Å². The van der Waals surface area contributed by atoms with Crippen LogP contribution < -0.4 is 20.8 Å². The van der Waals surface area contributed by atoms with Crippen LogP contribution in [-0.4, -0.2) is 30.3 Å². The van der Waals surface area contributed by atoms with Gasteiger partial charge < -0.3 is 10.2 Å². The number of carbonyl (C=O) groups is 1. The molecule has 1 aromatic carbocycles. The minimum atomic E-state index is -0.112. The van der Waals surface area contributed by atoms with Crippen LogP contribution in [0.2, 0.25) is 0 Å². The van der Waals surface area contributed by atoms with Crippen LogP contribution in [0.4, 0.5) is 11.4 Å². The number of H-pyrrole nitrogens is 1. The van der Waals surface area contributed by atoms with Gasteiger partial charge in [0.1, 0.15) is 11.9 Å². The van der Waals surface area contributed by atoms with Gasteiger partial charge in [0.2, 0.25) is 5.91 Å². The number of nitrogens with one attached hydrogen (secondary N) is 2. The number of aromatic amines is 1. The number of rotatable bonds is 7. The summed E-state index contributed by atoms with van der Waals surface area (Å²) in [5.74, 6) is 0.0956. The summed E-state index contributed by atoms with van der Waals surface area (Å²) in [6.07, 6.45) is 6.04. The van der Waals surface area contributed by atoms with Crippen molar-refractivity contribution in [1.29, 1.82) is 0 Å². The Morgan fingerprint density at radius 1 is 1.29 bits per heavy atom. The SMILES string of the molecule is C=CCn1c(SCC(=O)Nc2ccc(N(C)C)cc2)[nH+]c2sc3c(c2c1=O)CCCC3. The summed E-state index contributed by atoms with van der Waals surface area (Å²) in [6.45, 7) is 4.21. The Morgan fingerprint density at radius 2 is 2.03 bits per heavy atom. The van der Waals surface area contributed by atoms with Crippen LogP contribution >= 0.6 is 23.1 Å². The van der Waals surface area contributed by atoms with E-state index in [1.54, 1.807) is 22.0 Å². The molecule has 0 saturated carbocycles. The number of anilines is 2. The minimum Gasteiger partial charge on any atom is -0.378 e. The number of benzene rings is 1. The molecule has 2 aromatic heterocycles. The Balaban J connectivity index is 1.54. The molecule has 1 amide bonds. The highest BCUT2D eigenvalue weighted by Crippen LogP contribution is 2.33. The molecule has 6 nitrogen and oxygen atoms in total. The molecule has 1 aliphatic carbocycles. The third kappa shape index (κ3) is 4.55. The summed E-state index contributed by atoms with van der Waals surface area (Å²) < 4.78 is 1.70. The molecule has 162 valence electrons. The van der Waals surface area contributed by atoms with Crippen LogP contribution in [-0.2, 0) is 24.2 Å². The zero-order valence-electron chi connectivity index (χ0n) is 17.9. The number of hydrogen-bond donors (Lipinski definition) is 1. The predicted octanol–water partition coefficient (Wildman–Crippen LogP) is 3.74. The first-order valence-corrected chi connectivity index (χ1v) is 12.2. The van der Waals surface area contributed by atoms with Gasteiger partial charge in [-0.2, -0.15) is 4.57 Å². The highest BCUT2D eigenvalue weighted by atomic mass is 32.2. The zero-order valence-corrected chi connectivity index (χ0v) is 19.5. The molecule has 31 heavy (non-hydrogen) atoms. The number of thiophene rings is 1. The van der Waals surface area contributed by atoms with Crippen molar-refractivity contribution in [3.8, 4) is 0 Å². The van der Waals surface area contributed by atoms with Crippen LogP contribution in [0.1, 0.15) is 23.3 Å². The number of nitrogens with zero attached hydrogens (tertiary/aromatic N) is 2. The normalized spacial score (nSPS) is 13.1. The van der Waals surface area contributed by atoms with Gasteiger partial charge in [0.05, 0.1) is 5.75 Å². The van der Waals surface area contributed by atoms with Crippen molar-refractivity contribution in [1.82, 2.24) is 4.57 Å². The molecule has 0 aliphatic heterocycles. The summed E-state index contributed by atoms with van der Waals surface area (Å²) in [4.78, 5) is 33.5. The molecule has 0 fully saturated rings. The Morgan fingerprint density at radius 3 is 2.74 bits per heavy atom. The maximum atomic E-state index is 13.3. The van der Waals surface area contributed by atoms with E-state index in [-0.39, 0.29) is 17.2 Å². The minimum absolute atomic E-state index is 0.00947. The van der Waals surface area contributed by atoms with Gasteiger partial charge >= 0.3 is 10.7 Å². The van der Waals surface area contributed by atoms with E-state index in [0.29, 0.717) is 11.7 Å². The van der Waals surface area contributed by atoms with E-state index in [1.165, 1.54) is 28.6 Å². The molecule has 8 heteroatoms. The summed E-state index contributed by atoms with van der Waals surface area (Å²) in [5, 5.41) is 4.43. The molecule has 0 radical (unpaired) electrons. The molecule has 3 aromatic rings. The first-order chi connectivity index (χ1) is 15.0. The van der Waals surface area contributed by atoms with Crippen LogP contribution in [0, 0.1) is 0 Å². The number of carbonyl (C=O) groups excluding carboxylic acids is 1. The van der Waals surface area contributed by atoms with Gasteiger partial charge in [0.25, 0.3) is 0 Å². The van der Waals surface area contributed by atoms with Gasteiger partial charge in [-0.15, -0.1) is 0 Å². The second kappa shape index (κ2) is 9.28. The standard InChI is InChI=1S/C23H26N4O2S2/c1-4-13-27-22(29)20-17-7-5-6-8-18(17)31-21(20)25-23(27)30-14-19(28)24-15-9-11-16(12-10-15)26(2)3/h4,9-12H,1,5-8,13-14H2,2-3H3,(H,24,28)/p+1. The van der Waals surface area contributed by atoms with Crippen molar-refractivity contribution in [2.75, 3.05) is 30.1 Å². The predicted molar refractivity (Wildman–Crippen MR) is 130 cm³/mol. The molecule has 2 heterocycles. The number of hydrogen-bond acceptors (Lipinski definition) is 5. The molecule has 1 aliphatic rings. The van der Waals surface area contributed by atoms with Crippen LogP contribution in [0.5, 0.6) is 0 Å². The molecule has 0 unspecified atom stereocenters. The topological polar surface area (TPSA) is 68.5 Å². The molecule has 2 N–H and O–H groups in total. The maximum Gasteiger partial charge on any atom is 0.347 e. The van der Waals surface area contributed by atoms with E-state index < -0.39 is 0 Å². The van der Waals surface area contributed by atoms with Crippen LogP contribution in [0.25, 0.3) is 10.2 Å². The quantitative estimate of drug-likeness (QED) is 0.335. The van der Waals surface area contributed by atoms with Gasteiger partial charge in [-0.05, 0) is 67.3 Å². The molecular formula is C23H27N4O2S2+. The Bertz CT molecular complexity index is 1180. The average molecular weight is 456 g/mol. The summed E-state index contributed by atoms with van der Waals surface area (Å²) >= 11 is 3.03. The number of amides is 1. The largest absolute Gasteiger partial charge is 0.378 e. The Labute approximate surface area is 190 Å². The van der Waals surface area contributed by atoms with Crippen molar-refractivity contribution in [2.45, 2.75) is 37.4 Å². The van der Waals surface area contributed by atoms with E-state index in [0.717, 1.165) is 40.9 Å². The van der Waals surface area contributed by atoms with Gasteiger partial charge in [0, 0.05) is 30.3 Å². The smallest absolute Gasteiger partial charge is 0.347 e. The Kier molecular flexibility index (Phi) is 6.48. The molecular weight excluding hydrogens is 428 g/mol. The second-order valence-electron chi connectivity index (χ2n) is 7.83. The second-order valence-corrected chi connectivity index (χ2v) is 9.90. The van der Waals surface area contributed by atoms with E-state index in [2.05, 4.69) is 16.9 Å². The van der Waals surface area contributed by atoms with Crippen molar-refractivity contribution < 1.29 is 9.78 Å². The average Bonchev–Trinajstić information content (AvgIpc) is 3.13. The summed E-state index contributed by atoms with van der Waals surface area (Å²) in [6, 6.07) is 7.70. The van der Waals surface area contributed by atoms with Crippen molar-refractivity contribution in [2.24, 2.45) is 0 Å². The molecule has 0 bridgehead atoms. The molecule has 0 saturated heterocycles. The summed E-state index contributed by atoms with van der Waals surface area (Å²) in [7, 11) is 3.95. The van der Waals surface area contributed by atoms with E-state index in [1.807, 2.05) is 43.3 Å². The number of fused-ring (bicyclic) bond motifs is 3. The maximum absolute atomic E-state index is 13.3. The van der Waals surface area contributed by atoms with Crippen molar-refractivity contribution >= 4 is 50.6 Å². The van der Waals surface area contributed by atoms with Crippen LogP contribution in [0.3, 0.4) is 0 Å². The van der Waals surface area contributed by atoms with Gasteiger partial charge in [-0.3, -0.25) is 4.79 Å². The first kappa shape index (κ1) is 21.6. The van der Waals surface area contributed by atoms with E-state index in [4.69, 9.17) is 0 Å². The molecule has 4 rings (SSSR count). The number of aromatic nitrogens is 2. The lowest BCUT2D eigenvalue weighted by Gasteiger charge is -2.13. The lowest BCUT2D eigenvalue weighted by atomic mass is 9.97. The summed E-state index contributed by atoms with van der Waals surface area (Å²) in [5.41, 5.74) is 3.04. The number of allylic oxidation sites excluding steroid dienone is 1. The highest BCUT2D eigenvalue weighted by Gasteiger charge is 2.26. The molecule has 0 atom stereocenters. The lowest BCUT2D eigenvalue weighted by molar-refractivity contribution is -0.404. The number of thioether (sulfide) groups is 1. The Hall–Kier alpha value is -2.58. The first-order valence-electron chi connectivity index (χ1n) is 10.4. The lowest BCUT2D eigenvalue weighted by Crippen LogP contribution is -2.30. The molecule has 0 spiro atoms. The van der Waals surface area contributed by atoms with Gasteiger partial charge in [-0.1, -0.05) is 24.0 Å². The third-order valence-electron chi connectivity index (χ3n) is 5.42. The fourth-order valence-corrected chi connectivity index (χ4v) is 6.03. The monoisotopic (exact) mass is 455 g/mol. The van der Waals surface area contributed by atoms with E-state index in [9.17, 15) is 9.59 Å². The van der Waals surface area contributed by atoms with E-state index >= 15 is 0 Å². The van der Waals surface area contributed by atoms with Crippen molar-refractivity contribution in [3.05, 3.63) is 57.7 Å². The van der Waals surface area contributed by atoms with Gasteiger partial charge in [0.15, 0.2) is 4.83 Å². The fourth-order valence-electron chi connectivity index (χ4n) is 3.85. The van der Waals surface area contributed by atoms with Crippen molar-refractivity contribution in [3.63, 3.8) is 0 Å². The number of aryl methyl sites for hydroxylation is 2. The zero-order chi connectivity index (χ0) is 22.0. The fraction of sp³-hybridized carbons (Fsp3) is 0.348.